The Hall–Kier alpha value is -1.67. The third-order valence-electron chi connectivity index (χ3n) is 1.61. The van der Waals surface area contributed by atoms with E-state index in [0.717, 1.165) is 0 Å². The highest BCUT2D eigenvalue weighted by molar-refractivity contribution is 6.28. The fourth-order valence-electron chi connectivity index (χ4n) is 0.830. The lowest BCUT2D eigenvalue weighted by Crippen LogP contribution is -2.34. The maximum atomic E-state index is 10.6. The number of aliphatic hydroxyl groups excluding tert-OH is 1. The highest BCUT2D eigenvalue weighted by Gasteiger charge is 2.11. The average molecular weight is 247 g/mol. The van der Waals surface area contributed by atoms with Gasteiger partial charge in [0.25, 0.3) is 0 Å². The SMILES string of the molecule is CNc1nc(Cl)nc(NCC(O)C(N)=O)n1. The minimum absolute atomic E-state index is 0.00425. The van der Waals surface area contributed by atoms with Crippen molar-refractivity contribution in [3.8, 4) is 0 Å². The first-order valence-corrected chi connectivity index (χ1v) is 4.71. The lowest BCUT2D eigenvalue weighted by Gasteiger charge is -2.08. The Balaban J connectivity index is 2.66. The van der Waals surface area contributed by atoms with Crippen molar-refractivity contribution in [1.29, 1.82) is 0 Å². The number of hydrogen-bond donors (Lipinski definition) is 4. The summed E-state index contributed by atoms with van der Waals surface area (Å²) < 4.78 is 0. The minimum atomic E-state index is -1.31. The fourth-order valence-corrected chi connectivity index (χ4v) is 0.990. The van der Waals surface area contributed by atoms with Crippen LogP contribution in [0.5, 0.6) is 0 Å². The molecule has 0 bridgehead atoms. The van der Waals surface area contributed by atoms with Crippen LogP contribution in [0.25, 0.3) is 0 Å². The van der Waals surface area contributed by atoms with Gasteiger partial charge >= 0.3 is 0 Å². The molecule has 88 valence electrons. The first kappa shape index (κ1) is 12.4. The Kier molecular flexibility index (Phi) is 4.20. The Morgan fingerprint density at radius 3 is 2.69 bits per heavy atom. The van der Waals surface area contributed by atoms with Crippen molar-refractivity contribution in [3.63, 3.8) is 0 Å². The zero-order valence-electron chi connectivity index (χ0n) is 8.44. The number of primary amides is 1. The number of halogens is 1. The van der Waals surface area contributed by atoms with Crippen LogP contribution < -0.4 is 16.4 Å². The minimum Gasteiger partial charge on any atom is -0.381 e. The van der Waals surface area contributed by atoms with Crippen molar-refractivity contribution >= 4 is 29.4 Å². The molecule has 0 saturated heterocycles. The van der Waals surface area contributed by atoms with Gasteiger partial charge < -0.3 is 21.5 Å². The van der Waals surface area contributed by atoms with E-state index in [1.54, 1.807) is 7.05 Å². The summed E-state index contributed by atoms with van der Waals surface area (Å²) in [5, 5.41) is 14.4. The summed E-state index contributed by atoms with van der Waals surface area (Å²) in [6, 6.07) is 0. The smallest absolute Gasteiger partial charge is 0.248 e. The molecule has 1 aromatic rings. The zero-order chi connectivity index (χ0) is 12.1. The van der Waals surface area contributed by atoms with E-state index in [-0.39, 0.29) is 23.7 Å². The van der Waals surface area contributed by atoms with Gasteiger partial charge in [-0.05, 0) is 11.6 Å². The molecule has 1 heterocycles. The number of aromatic nitrogens is 3. The van der Waals surface area contributed by atoms with Gasteiger partial charge in [0.15, 0.2) is 0 Å². The molecule has 0 aliphatic heterocycles. The van der Waals surface area contributed by atoms with Crippen LogP contribution in [-0.2, 0) is 4.79 Å². The number of anilines is 2. The van der Waals surface area contributed by atoms with Gasteiger partial charge in [-0.15, -0.1) is 0 Å². The lowest BCUT2D eigenvalue weighted by molar-refractivity contribution is -0.125. The van der Waals surface area contributed by atoms with Crippen molar-refractivity contribution in [2.75, 3.05) is 24.2 Å². The number of hydrogen-bond acceptors (Lipinski definition) is 7. The molecule has 16 heavy (non-hydrogen) atoms. The number of nitrogens with zero attached hydrogens (tertiary/aromatic N) is 3. The second kappa shape index (κ2) is 5.42. The molecule has 0 spiro atoms. The summed E-state index contributed by atoms with van der Waals surface area (Å²) in [6.45, 7) is -0.0984. The number of carbonyl (C=O) groups excluding carboxylic acids is 1. The summed E-state index contributed by atoms with van der Waals surface area (Å²) in [7, 11) is 1.62. The molecule has 1 unspecified atom stereocenters. The van der Waals surface area contributed by atoms with Crippen molar-refractivity contribution in [2.24, 2.45) is 5.73 Å². The van der Waals surface area contributed by atoms with E-state index in [4.69, 9.17) is 22.4 Å². The van der Waals surface area contributed by atoms with Crippen LogP contribution in [0.2, 0.25) is 5.28 Å². The van der Waals surface area contributed by atoms with Gasteiger partial charge in [0.2, 0.25) is 23.1 Å². The summed E-state index contributed by atoms with van der Waals surface area (Å²) >= 11 is 5.61. The van der Waals surface area contributed by atoms with Gasteiger partial charge in [-0.25, -0.2) is 0 Å². The monoisotopic (exact) mass is 246 g/mol. The molecule has 0 saturated carbocycles. The Labute approximate surface area is 96.2 Å². The molecular weight excluding hydrogens is 236 g/mol. The number of nitrogens with two attached hydrogens (primary N) is 1. The van der Waals surface area contributed by atoms with Gasteiger partial charge in [0.1, 0.15) is 6.10 Å². The van der Waals surface area contributed by atoms with Crippen LogP contribution in [0, 0.1) is 0 Å². The molecule has 1 atom stereocenters. The molecular formula is C7H11ClN6O2. The van der Waals surface area contributed by atoms with Crippen molar-refractivity contribution < 1.29 is 9.90 Å². The molecule has 1 rings (SSSR count). The summed E-state index contributed by atoms with van der Waals surface area (Å²) in [5.41, 5.74) is 4.87. The van der Waals surface area contributed by atoms with E-state index in [9.17, 15) is 4.79 Å². The van der Waals surface area contributed by atoms with Crippen LogP contribution >= 0.6 is 11.6 Å². The predicted molar refractivity (Wildman–Crippen MR) is 58.1 cm³/mol. The summed E-state index contributed by atoms with van der Waals surface area (Å²) in [6.07, 6.45) is -1.31. The quantitative estimate of drug-likeness (QED) is 0.515. The molecule has 0 aliphatic carbocycles. The standard InChI is InChI=1S/C7H11ClN6O2/c1-10-6-12-5(8)13-7(14-6)11-2-3(15)4(9)16/h3,15H,2H2,1H3,(H2,9,16)(H2,10,11,12,13,14). The average Bonchev–Trinajstić information content (AvgIpc) is 2.24. The topological polar surface area (TPSA) is 126 Å². The number of carbonyl (C=O) groups is 1. The highest BCUT2D eigenvalue weighted by atomic mass is 35.5. The van der Waals surface area contributed by atoms with E-state index in [1.165, 1.54) is 0 Å². The maximum Gasteiger partial charge on any atom is 0.248 e. The predicted octanol–water partition coefficient (Wildman–Crippen LogP) is -1.18. The van der Waals surface area contributed by atoms with Crippen LogP contribution in [0.3, 0.4) is 0 Å². The van der Waals surface area contributed by atoms with Crippen LogP contribution in [-0.4, -0.2) is 45.7 Å². The lowest BCUT2D eigenvalue weighted by atomic mass is 10.3. The molecule has 1 aromatic heterocycles. The molecule has 9 heteroatoms. The van der Waals surface area contributed by atoms with Crippen LogP contribution in [0.15, 0.2) is 0 Å². The van der Waals surface area contributed by atoms with Crippen molar-refractivity contribution in [1.82, 2.24) is 15.0 Å². The maximum absolute atomic E-state index is 10.6. The van der Waals surface area contributed by atoms with Crippen molar-refractivity contribution in [2.45, 2.75) is 6.10 Å². The first-order chi connectivity index (χ1) is 7.52. The van der Waals surface area contributed by atoms with E-state index in [1.807, 2.05) is 0 Å². The normalized spacial score (nSPS) is 11.9. The van der Waals surface area contributed by atoms with Gasteiger partial charge in [-0.1, -0.05) is 0 Å². The van der Waals surface area contributed by atoms with Crippen molar-refractivity contribution in [3.05, 3.63) is 5.28 Å². The molecule has 1 amide bonds. The third kappa shape index (κ3) is 3.48. The Morgan fingerprint density at radius 2 is 2.12 bits per heavy atom. The molecule has 0 fully saturated rings. The zero-order valence-corrected chi connectivity index (χ0v) is 9.19. The van der Waals surface area contributed by atoms with E-state index < -0.39 is 12.0 Å². The van der Waals surface area contributed by atoms with Gasteiger partial charge in [-0.3, -0.25) is 4.79 Å². The van der Waals surface area contributed by atoms with E-state index in [0.29, 0.717) is 0 Å². The second-order valence-corrected chi connectivity index (χ2v) is 3.14. The highest BCUT2D eigenvalue weighted by Crippen LogP contribution is 2.08. The van der Waals surface area contributed by atoms with Gasteiger partial charge in [0, 0.05) is 7.05 Å². The molecule has 0 radical (unpaired) electrons. The van der Waals surface area contributed by atoms with Crippen LogP contribution in [0.4, 0.5) is 11.9 Å². The molecule has 0 aliphatic rings. The van der Waals surface area contributed by atoms with Gasteiger partial charge in [-0.2, -0.15) is 15.0 Å². The number of aliphatic hydroxyl groups is 1. The summed E-state index contributed by atoms with van der Waals surface area (Å²) in [4.78, 5) is 21.9. The molecule has 8 nitrogen and oxygen atoms in total. The Morgan fingerprint density at radius 1 is 1.50 bits per heavy atom. The molecule has 0 aromatic carbocycles. The largest absolute Gasteiger partial charge is 0.381 e. The first-order valence-electron chi connectivity index (χ1n) is 4.33. The number of amides is 1. The van der Waals surface area contributed by atoms with E-state index >= 15 is 0 Å². The summed E-state index contributed by atoms with van der Waals surface area (Å²) in [5.74, 6) is -0.415. The fraction of sp³-hybridized carbons (Fsp3) is 0.429. The van der Waals surface area contributed by atoms with Gasteiger partial charge in [0.05, 0.1) is 6.54 Å². The van der Waals surface area contributed by atoms with Crippen LogP contribution in [0.1, 0.15) is 0 Å². The molecule has 5 N–H and O–H groups in total. The Bertz CT molecular complexity index is 387. The van der Waals surface area contributed by atoms with E-state index in [2.05, 4.69) is 25.6 Å². The second-order valence-electron chi connectivity index (χ2n) is 2.80. The number of nitrogens with one attached hydrogen (secondary N) is 2. The third-order valence-corrected chi connectivity index (χ3v) is 1.78. The number of rotatable bonds is 5.